The molecule has 1 aromatic carbocycles. The lowest BCUT2D eigenvalue weighted by Gasteiger charge is -2.18. The number of carbonyl (C=O) groups is 7. The van der Waals surface area contributed by atoms with E-state index in [9.17, 15) is 33.6 Å². The van der Waals surface area contributed by atoms with E-state index in [1.807, 2.05) is 0 Å². The molecular weight excluding hydrogens is 484 g/mol. The van der Waals surface area contributed by atoms with E-state index in [4.69, 9.17) is 11.5 Å². The number of amides is 6. The minimum absolute atomic E-state index is 0.00513. The first-order valence-electron chi connectivity index (χ1n) is 11.2. The predicted octanol–water partition coefficient (Wildman–Crippen LogP) is -0.703. The molecule has 37 heavy (non-hydrogen) atoms. The minimum Gasteiger partial charge on any atom is -0.325 e. The molecule has 1 aromatic rings. The highest BCUT2D eigenvalue weighted by Gasteiger charge is 2.25. The zero-order valence-corrected chi connectivity index (χ0v) is 20.1. The summed E-state index contributed by atoms with van der Waals surface area (Å²) in [5.74, 6) is -2.80. The van der Waals surface area contributed by atoms with Crippen molar-refractivity contribution in [2.45, 2.75) is 31.8 Å². The zero-order chi connectivity index (χ0) is 27.5. The van der Waals surface area contributed by atoms with Crippen LogP contribution < -0.4 is 22.1 Å². The average Bonchev–Trinajstić information content (AvgIpc) is 3.19. The van der Waals surface area contributed by atoms with Crippen LogP contribution in [0, 0.1) is 0 Å². The molecule has 0 aromatic heterocycles. The van der Waals surface area contributed by atoms with Crippen LogP contribution in [0.2, 0.25) is 0 Å². The van der Waals surface area contributed by atoms with Crippen LogP contribution in [0.25, 0.3) is 0 Å². The second-order valence-electron chi connectivity index (χ2n) is 8.03. The second kappa shape index (κ2) is 13.6. The molecule has 2 unspecified atom stereocenters. The van der Waals surface area contributed by atoms with Crippen LogP contribution in [0.1, 0.15) is 30.1 Å². The number of anilines is 2. The third kappa shape index (κ3) is 8.30. The Bertz CT molecular complexity index is 1130. The molecule has 0 spiro atoms. The van der Waals surface area contributed by atoms with Gasteiger partial charge < -0.3 is 22.1 Å². The number of nitrogens with one attached hydrogen (secondary N) is 2. The average molecular weight is 513 g/mol. The summed E-state index contributed by atoms with van der Waals surface area (Å²) in [6, 6.07) is 1.95. The first-order valence-corrected chi connectivity index (χ1v) is 11.2. The zero-order valence-electron chi connectivity index (χ0n) is 20.1. The van der Waals surface area contributed by atoms with Crippen LogP contribution in [0.4, 0.5) is 11.4 Å². The van der Waals surface area contributed by atoms with Crippen molar-refractivity contribution in [2.24, 2.45) is 11.5 Å². The maximum atomic E-state index is 12.5. The monoisotopic (exact) mass is 512 g/mol. The quantitative estimate of drug-likeness (QED) is 0.150. The van der Waals surface area contributed by atoms with Gasteiger partial charge in [-0.25, -0.2) is 0 Å². The smallest absolute Gasteiger partial charge is 0.253 e. The number of imide groups is 2. The Morgan fingerprint density at radius 2 is 1.49 bits per heavy atom. The molecule has 2 atom stereocenters. The Kier molecular flexibility index (Phi) is 10.5. The number of carbonyl (C=O) groups excluding carboxylic acids is 7. The normalized spacial score (nSPS) is 14.4. The Labute approximate surface area is 212 Å². The number of benzene rings is 1. The van der Waals surface area contributed by atoms with Gasteiger partial charge in [-0.1, -0.05) is 6.08 Å². The van der Waals surface area contributed by atoms with Gasteiger partial charge in [-0.2, -0.15) is 0 Å². The van der Waals surface area contributed by atoms with Crippen molar-refractivity contribution in [3.8, 4) is 0 Å². The van der Waals surface area contributed by atoms with Crippen LogP contribution in [-0.4, -0.2) is 77.2 Å². The minimum atomic E-state index is -1.09. The fraction of sp³-hybridized carbons (Fsp3) is 0.292. The molecule has 0 aliphatic carbocycles. The number of allylic oxidation sites excluding steroid dienone is 1. The molecule has 0 fully saturated rings. The summed E-state index contributed by atoms with van der Waals surface area (Å²) >= 11 is 0. The number of nitrogens with two attached hydrogens (primary N) is 2. The fourth-order valence-electron chi connectivity index (χ4n) is 3.25. The van der Waals surface area contributed by atoms with E-state index in [-0.39, 0.29) is 42.9 Å². The SMILES string of the molecule is C/C=C\C(=O)N(C=O)CCC(N)C(=O)Nc1cc(C=O)cc(NC(=O)C(N)CCN2C(=O)C=CC2=O)c1. The summed E-state index contributed by atoms with van der Waals surface area (Å²) in [5.41, 5.74) is 12.2. The Hall–Kier alpha value is -4.49. The maximum absolute atomic E-state index is 12.5. The molecule has 13 heteroatoms. The van der Waals surface area contributed by atoms with Crippen molar-refractivity contribution in [2.75, 3.05) is 23.7 Å². The van der Waals surface area contributed by atoms with Gasteiger partial charge in [-0.05, 0) is 44.0 Å². The van der Waals surface area contributed by atoms with Crippen molar-refractivity contribution in [1.29, 1.82) is 0 Å². The molecular formula is C24H28N6O7. The van der Waals surface area contributed by atoms with E-state index < -0.39 is 41.6 Å². The Balaban J connectivity index is 1.98. The Morgan fingerprint density at radius 1 is 0.946 bits per heavy atom. The summed E-state index contributed by atoms with van der Waals surface area (Å²) in [6.45, 7) is 1.49. The topological polar surface area (TPSA) is 202 Å². The van der Waals surface area contributed by atoms with Crippen molar-refractivity contribution in [3.63, 3.8) is 0 Å². The molecule has 6 amide bonds. The lowest BCUT2D eigenvalue weighted by molar-refractivity contribution is -0.137. The lowest BCUT2D eigenvalue weighted by atomic mass is 10.1. The van der Waals surface area contributed by atoms with Crippen LogP contribution in [-0.2, 0) is 28.8 Å². The molecule has 0 bridgehead atoms. The molecule has 0 saturated carbocycles. The summed E-state index contributed by atoms with van der Waals surface area (Å²) in [4.78, 5) is 84.3. The largest absolute Gasteiger partial charge is 0.325 e. The van der Waals surface area contributed by atoms with E-state index in [1.165, 1.54) is 30.4 Å². The molecule has 1 aliphatic heterocycles. The van der Waals surface area contributed by atoms with Crippen LogP contribution in [0.3, 0.4) is 0 Å². The molecule has 1 aliphatic rings. The van der Waals surface area contributed by atoms with Crippen LogP contribution in [0.5, 0.6) is 0 Å². The molecule has 0 saturated heterocycles. The summed E-state index contributed by atoms with van der Waals surface area (Å²) < 4.78 is 0. The Morgan fingerprint density at radius 3 is 1.97 bits per heavy atom. The van der Waals surface area contributed by atoms with Gasteiger partial charge in [0.1, 0.15) is 6.29 Å². The van der Waals surface area contributed by atoms with Gasteiger partial charge in [0.2, 0.25) is 18.2 Å². The van der Waals surface area contributed by atoms with E-state index in [0.29, 0.717) is 12.7 Å². The molecule has 0 radical (unpaired) electrons. The van der Waals surface area contributed by atoms with Gasteiger partial charge in [-0.15, -0.1) is 0 Å². The van der Waals surface area contributed by atoms with Crippen LogP contribution in [0.15, 0.2) is 42.5 Å². The fourth-order valence-corrected chi connectivity index (χ4v) is 3.25. The molecule has 2 rings (SSSR count). The third-order valence-corrected chi connectivity index (χ3v) is 5.26. The number of aldehydes is 1. The predicted molar refractivity (Wildman–Crippen MR) is 133 cm³/mol. The lowest BCUT2D eigenvalue weighted by Crippen LogP contribution is -2.40. The van der Waals surface area contributed by atoms with Gasteiger partial charge in [0, 0.05) is 42.2 Å². The molecule has 1 heterocycles. The highest BCUT2D eigenvalue weighted by molar-refractivity contribution is 6.13. The summed E-state index contributed by atoms with van der Waals surface area (Å²) in [7, 11) is 0. The van der Waals surface area contributed by atoms with Crippen molar-refractivity contribution in [1.82, 2.24) is 9.80 Å². The van der Waals surface area contributed by atoms with Gasteiger partial charge in [0.05, 0.1) is 12.1 Å². The number of rotatable bonds is 13. The van der Waals surface area contributed by atoms with Crippen molar-refractivity contribution >= 4 is 53.6 Å². The van der Waals surface area contributed by atoms with Gasteiger partial charge >= 0.3 is 0 Å². The van der Waals surface area contributed by atoms with Gasteiger partial charge in [0.15, 0.2) is 0 Å². The third-order valence-electron chi connectivity index (χ3n) is 5.26. The maximum Gasteiger partial charge on any atom is 0.253 e. The summed E-state index contributed by atoms with van der Waals surface area (Å²) in [6.07, 6.45) is 5.78. The van der Waals surface area contributed by atoms with E-state index in [0.717, 1.165) is 22.0 Å². The summed E-state index contributed by atoms with van der Waals surface area (Å²) in [5, 5.41) is 5.06. The van der Waals surface area contributed by atoms with E-state index >= 15 is 0 Å². The number of hydrogen-bond donors (Lipinski definition) is 4. The molecule has 196 valence electrons. The highest BCUT2D eigenvalue weighted by Crippen LogP contribution is 2.19. The van der Waals surface area contributed by atoms with Crippen molar-refractivity contribution in [3.05, 3.63) is 48.1 Å². The molecule has 6 N–H and O–H groups in total. The first kappa shape index (κ1) is 28.7. The molecule has 13 nitrogen and oxygen atoms in total. The van der Waals surface area contributed by atoms with Gasteiger partial charge in [-0.3, -0.25) is 43.4 Å². The van der Waals surface area contributed by atoms with E-state index in [2.05, 4.69) is 10.6 Å². The second-order valence-corrected chi connectivity index (χ2v) is 8.03. The number of hydrogen-bond acceptors (Lipinski definition) is 9. The number of nitrogens with zero attached hydrogens (tertiary/aromatic N) is 2. The highest BCUT2D eigenvalue weighted by atomic mass is 16.2. The van der Waals surface area contributed by atoms with Crippen molar-refractivity contribution < 1.29 is 33.6 Å². The first-order chi connectivity index (χ1) is 17.6. The van der Waals surface area contributed by atoms with E-state index in [1.54, 1.807) is 6.92 Å². The van der Waals surface area contributed by atoms with Gasteiger partial charge in [0.25, 0.3) is 17.7 Å². The van der Waals surface area contributed by atoms with Crippen LogP contribution >= 0.6 is 0 Å². The standard InChI is InChI=1S/C24H28N6O7/c1-2-3-20(33)29(14-32)8-6-18(25)23(36)27-16-10-15(13-31)11-17(12-16)28-24(37)19(26)7-9-30-21(34)4-5-22(30)35/h2-5,10-14,18-19H,6-9,25-26H2,1H3,(H,27,36)(H,28,37)/b3-2-.